The molecule has 6 N–H and O–H groups in total. The van der Waals surface area contributed by atoms with Crippen molar-refractivity contribution in [3.8, 4) is 0 Å². The molecule has 0 amide bonds. The van der Waals surface area contributed by atoms with Gasteiger partial charge in [-0.15, -0.1) is 0 Å². The topological polar surface area (TPSA) is 98.3 Å². The van der Waals surface area contributed by atoms with Gasteiger partial charge in [-0.25, -0.2) is 4.79 Å². The van der Waals surface area contributed by atoms with Gasteiger partial charge < -0.3 is 17.0 Å². The minimum Gasteiger partial charge on any atom is -0.478 e. The summed E-state index contributed by atoms with van der Waals surface area (Å²) < 4.78 is 0.870. The first-order valence-electron chi connectivity index (χ1n) is 2.89. The summed E-state index contributed by atoms with van der Waals surface area (Å²) in [6.45, 7) is 0. The van der Waals surface area contributed by atoms with Gasteiger partial charge in [0.1, 0.15) is 0 Å². The number of halogens is 1. The Bertz CT molecular complexity index is 301. The monoisotopic (exact) mass is 280 g/mol. The quantitative estimate of drug-likeness (QED) is 0.539. The smallest absolute Gasteiger partial charge is 0.337 e. The van der Waals surface area contributed by atoms with Crippen LogP contribution in [0, 0.1) is 3.57 Å². The maximum Gasteiger partial charge on any atom is 0.337 e. The van der Waals surface area contributed by atoms with Crippen molar-refractivity contribution in [1.82, 2.24) is 6.15 Å². The highest BCUT2D eigenvalue weighted by atomic mass is 127. The molecule has 0 saturated heterocycles. The molecule has 0 bridgehead atoms. The van der Waals surface area contributed by atoms with Crippen LogP contribution in [0.4, 0.5) is 5.69 Å². The standard InChI is InChI=1S/C7H6INO2.H3N/c8-4-1-2-6(9)5(3-4)7(10)11;/h1-3H,9H2,(H,10,11);1H3. The number of anilines is 1. The van der Waals surface area contributed by atoms with Gasteiger partial charge in [0.2, 0.25) is 0 Å². The third-order valence-electron chi connectivity index (χ3n) is 1.25. The molecule has 0 spiro atoms. The predicted octanol–water partition coefficient (Wildman–Crippen LogP) is 1.73. The van der Waals surface area contributed by atoms with Gasteiger partial charge in [-0.1, -0.05) is 0 Å². The predicted molar refractivity (Wildman–Crippen MR) is 55.6 cm³/mol. The molecule has 0 aliphatic heterocycles. The number of carboxylic acid groups (broad SMARTS) is 1. The maximum atomic E-state index is 10.5. The van der Waals surface area contributed by atoms with Gasteiger partial charge in [-0.3, -0.25) is 0 Å². The van der Waals surface area contributed by atoms with E-state index in [0.717, 1.165) is 3.57 Å². The summed E-state index contributed by atoms with van der Waals surface area (Å²) in [6, 6.07) is 4.89. The summed E-state index contributed by atoms with van der Waals surface area (Å²) in [7, 11) is 0. The molecule has 1 aromatic rings. The number of aromatic carboxylic acids is 1. The number of hydrogen-bond donors (Lipinski definition) is 3. The van der Waals surface area contributed by atoms with Crippen LogP contribution in [0.5, 0.6) is 0 Å². The second-order valence-electron chi connectivity index (χ2n) is 2.04. The third-order valence-corrected chi connectivity index (χ3v) is 1.92. The van der Waals surface area contributed by atoms with Crippen molar-refractivity contribution in [2.24, 2.45) is 0 Å². The van der Waals surface area contributed by atoms with Crippen LogP contribution in [0.25, 0.3) is 0 Å². The van der Waals surface area contributed by atoms with Gasteiger partial charge >= 0.3 is 5.97 Å². The van der Waals surface area contributed by atoms with Gasteiger partial charge in [0, 0.05) is 9.26 Å². The molecule has 0 heterocycles. The lowest BCUT2D eigenvalue weighted by Crippen LogP contribution is -2.02. The minimum atomic E-state index is -0.985. The van der Waals surface area contributed by atoms with Crippen molar-refractivity contribution in [3.05, 3.63) is 27.3 Å². The molecule has 0 aliphatic rings. The van der Waals surface area contributed by atoms with E-state index in [4.69, 9.17) is 10.8 Å². The number of nitrogen functional groups attached to an aromatic ring is 1. The molecular formula is C7H9IN2O2. The van der Waals surface area contributed by atoms with Crippen LogP contribution in [-0.4, -0.2) is 11.1 Å². The van der Waals surface area contributed by atoms with Crippen LogP contribution in [-0.2, 0) is 0 Å². The summed E-state index contributed by atoms with van der Waals surface area (Å²) in [5.74, 6) is -0.985. The van der Waals surface area contributed by atoms with Gasteiger partial charge in [0.15, 0.2) is 0 Å². The summed E-state index contributed by atoms with van der Waals surface area (Å²) >= 11 is 2.04. The molecule has 0 unspecified atom stereocenters. The number of carboxylic acids is 1. The largest absolute Gasteiger partial charge is 0.478 e. The van der Waals surface area contributed by atoms with E-state index in [-0.39, 0.29) is 11.7 Å². The van der Waals surface area contributed by atoms with Gasteiger partial charge in [-0.05, 0) is 40.8 Å². The second-order valence-corrected chi connectivity index (χ2v) is 3.28. The van der Waals surface area contributed by atoms with Crippen molar-refractivity contribution >= 4 is 34.2 Å². The van der Waals surface area contributed by atoms with Crippen molar-refractivity contribution in [3.63, 3.8) is 0 Å². The zero-order chi connectivity index (χ0) is 8.43. The van der Waals surface area contributed by atoms with Crippen molar-refractivity contribution in [2.75, 3.05) is 5.73 Å². The molecule has 0 aromatic heterocycles. The fraction of sp³-hybridized carbons (Fsp3) is 0. The molecule has 0 atom stereocenters. The number of nitrogens with two attached hydrogens (primary N) is 1. The zero-order valence-electron chi connectivity index (χ0n) is 6.25. The fourth-order valence-electron chi connectivity index (χ4n) is 0.714. The van der Waals surface area contributed by atoms with Crippen LogP contribution < -0.4 is 11.9 Å². The summed E-state index contributed by atoms with van der Waals surface area (Å²) in [5.41, 5.74) is 5.87. The molecule has 4 nitrogen and oxygen atoms in total. The molecule has 1 aromatic carbocycles. The molecule has 0 fully saturated rings. The Kier molecular flexibility index (Phi) is 3.98. The Balaban J connectivity index is 0.00000121. The molecule has 0 radical (unpaired) electrons. The summed E-state index contributed by atoms with van der Waals surface area (Å²) in [4.78, 5) is 10.5. The van der Waals surface area contributed by atoms with Crippen LogP contribution >= 0.6 is 22.6 Å². The SMILES string of the molecule is N.Nc1ccc(I)cc1C(=O)O. The van der Waals surface area contributed by atoms with E-state index in [0.29, 0.717) is 5.69 Å². The van der Waals surface area contributed by atoms with E-state index in [1.807, 2.05) is 22.6 Å². The minimum absolute atomic E-state index is 0. The third kappa shape index (κ3) is 2.35. The summed E-state index contributed by atoms with van der Waals surface area (Å²) in [5, 5.41) is 8.61. The second kappa shape index (κ2) is 4.27. The van der Waals surface area contributed by atoms with E-state index in [9.17, 15) is 4.79 Å². The Morgan fingerprint density at radius 3 is 2.50 bits per heavy atom. The maximum absolute atomic E-state index is 10.5. The highest BCUT2D eigenvalue weighted by Crippen LogP contribution is 2.15. The van der Waals surface area contributed by atoms with Crippen molar-refractivity contribution in [2.45, 2.75) is 0 Å². The van der Waals surface area contributed by atoms with Crippen molar-refractivity contribution in [1.29, 1.82) is 0 Å². The van der Waals surface area contributed by atoms with Crippen LogP contribution in [0.3, 0.4) is 0 Å². The Hall–Kier alpha value is -0.820. The van der Waals surface area contributed by atoms with Crippen LogP contribution in [0.2, 0.25) is 0 Å². The molecule has 66 valence electrons. The summed E-state index contributed by atoms with van der Waals surface area (Å²) in [6.07, 6.45) is 0. The average Bonchev–Trinajstić information content (AvgIpc) is 1.94. The Labute approximate surface area is 83.5 Å². The molecule has 0 saturated carbocycles. The molecular weight excluding hydrogens is 271 g/mol. The van der Waals surface area contributed by atoms with E-state index in [1.165, 1.54) is 6.07 Å². The number of rotatable bonds is 1. The lowest BCUT2D eigenvalue weighted by Gasteiger charge is -1.99. The van der Waals surface area contributed by atoms with E-state index >= 15 is 0 Å². The first-order valence-corrected chi connectivity index (χ1v) is 3.97. The zero-order valence-corrected chi connectivity index (χ0v) is 8.41. The first-order chi connectivity index (χ1) is 5.11. The first kappa shape index (κ1) is 11.2. The number of hydrogen-bond acceptors (Lipinski definition) is 3. The Morgan fingerprint density at radius 1 is 1.50 bits per heavy atom. The normalized spacial score (nSPS) is 8.75. The number of benzene rings is 1. The van der Waals surface area contributed by atoms with Crippen LogP contribution in [0.1, 0.15) is 10.4 Å². The van der Waals surface area contributed by atoms with E-state index < -0.39 is 5.97 Å². The molecule has 5 heteroatoms. The lowest BCUT2D eigenvalue weighted by atomic mass is 10.2. The highest BCUT2D eigenvalue weighted by Gasteiger charge is 2.06. The molecule has 0 aliphatic carbocycles. The molecule has 12 heavy (non-hydrogen) atoms. The fourth-order valence-corrected chi connectivity index (χ4v) is 1.20. The van der Waals surface area contributed by atoms with E-state index in [1.54, 1.807) is 12.1 Å². The number of carbonyl (C=O) groups is 1. The van der Waals surface area contributed by atoms with Crippen LogP contribution in [0.15, 0.2) is 18.2 Å². The lowest BCUT2D eigenvalue weighted by molar-refractivity contribution is 0.0698. The Morgan fingerprint density at radius 2 is 2.08 bits per heavy atom. The average molecular weight is 280 g/mol. The van der Waals surface area contributed by atoms with Gasteiger partial charge in [-0.2, -0.15) is 0 Å². The highest BCUT2D eigenvalue weighted by molar-refractivity contribution is 14.1. The van der Waals surface area contributed by atoms with Gasteiger partial charge in [0.25, 0.3) is 0 Å². The molecule has 1 rings (SSSR count). The van der Waals surface area contributed by atoms with Gasteiger partial charge in [0.05, 0.1) is 5.56 Å². The van der Waals surface area contributed by atoms with E-state index in [2.05, 4.69) is 0 Å². The van der Waals surface area contributed by atoms with Crippen molar-refractivity contribution < 1.29 is 9.90 Å².